The molecule has 0 radical (unpaired) electrons. The number of esters is 1. The molecule has 0 aromatic carbocycles. The molecule has 32 nitrogen and oxygen atoms in total. The van der Waals surface area contributed by atoms with E-state index in [0.29, 0.717) is 6.42 Å². The number of ether oxygens (including phenoxy) is 13. The Kier molecular flexibility index (Phi) is 20.9. The molecule has 440 valence electrons. The average molecular weight is 1120 g/mol. The predicted octanol–water partition coefficient (Wildman–Crippen LogP) is -11.1. The lowest BCUT2D eigenvalue weighted by Gasteiger charge is -2.51. The fraction of sp³-hybridized carbons (Fsp3) is 0.867. The van der Waals surface area contributed by atoms with E-state index in [-0.39, 0.29) is 12.8 Å². The van der Waals surface area contributed by atoms with Crippen molar-refractivity contribution in [3.8, 4) is 0 Å². The molecule has 30 atom stereocenters. The number of carbonyl (C=O) groups is 1. The minimum absolute atomic E-state index is 0.188. The number of aryl methyl sites for hydroxylation is 1. The Morgan fingerprint density at radius 3 is 0.974 bits per heavy atom. The van der Waals surface area contributed by atoms with Crippen LogP contribution in [-0.2, 0) is 72.8 Å². The Hall–Kier alpha value is -2.54. The minimum Gasteiger partial charge on any atom is -0.456 e. The number of carbonyl (C=O) groups excluding carboxylic acids is 1. The number of hydrogen-bond acceptors (Lipinski definition) is 32. The van der Waals surface area contributed by atoms with Crippen LogP contribution in [-0.4, -0.2) is 322 Å². The van der Waals surface area contributed by atoms with Gasteiger partial charge in [-0.2, -0.15) is 0 Å². The second-order valence-corrected chi connectivity index (χ2v) is 19.5. The van der Waals surface area contributed by atoms with Crippen molar-refractivity contribution >= 4 is 5.97 Å². The third-order valence-electron chi connectivity index (χ3n) is 14.5. The number of nitrogens with zero attached hydrogens (tertiary/aromatic N) is 1. The zero-order valence-electron chi connectivity index (χ0n) is 40.8. The summed E-state index contributed by atoms with van der Waals surface area (Å²) in [5, 5.41) is 189. The van der Waals surface area contributed by atoms with Crippen molar-refractivity contribution < 1.29 is 153 Å². The van der Waals surface area contributed by atoms with E-state index in [2.05, 4.69) is 4.98 Å². The van der Waals surface area contributed by atoms with Crippen LogP contribution in [0.2, 0.25) is 0 Å². The van der Waals surface area contributed by atoms with E-state index < -0.39 is 230 Å². The largest absolute Gasteiger partial charge is 0.456 e. The Morgan fingerprint density at radius 2 is 0.688 bits per heavy atom. The van der Waals surface area contributed by atoms with Gasteiger partial charge in [0.2, 0.25) is 0 Å². The Bertz CT molecular complexity index is 1980. The van der Waals surface area contributed by atoms with Crippen molar-refractivity contribution in [1.29, 1.82) is 0 Å². The minimum atomic E-state index is -2.21. The third kappa shape index (κ3) is 12.8. The van der Waals surface area contributed by atoms with E-state index >= 15 is 0 Å². The first-order chi connectivity index (χ1) is 36.9. The average Bonchev–Trinajstić information content (AvgIpc) is 3.43. The maximum absolute atomic E-state index is 13.6. The molecule has 23 rings (SSSR count). The van der Waals surface area contributed by atoms with Crippen molar-refractivity contribution in [3.05, 3.63) is 30.1 Å². The lowest BCUT2D eigenvalue weighted by Crippen LogP contribution is -2.69. The second-order valence-electron chi connectivity index (χ2n) is 19.5. The molecule has 17 N–H and O–H groups in total. The highest BCUT2D eigenvalue weighted by molar-refractivity contribution is 5.69. The molecule has 0 spiro atoms. The van der Waals surface area contributed by atoms with Gasteiger partial charge in [-0.3, -0.25) is 9.78 Å². The van der Waals surface area contributed by atoms with Crippen LogP contribution in [0, 0.1) is 0 Å². The third-order valence-corrected chi connectivity index (χ3v) is 14.5. The Morgan fingerprint density at radius 1 is 0.403 bits per heavy atom. The van der Waals surface area contributed by atoms with E-state index in [1.54, 1.807) is 24.5 Å². The van der Waals surface area contributed by atoms with Crippen molar-refractivity contribution in [2.75, 3.05) is 39.6 Å². The SMILES string of the molecule is O=C(CCCc1cccnc1)O[C@@H]1[C@@H](O)[C@H]2O[C@H]3[C@H](O)[C@@H](O)[C@@H](O[C@H]4[C@H](O)[C@@H](O)[C@@H](O[C@H]5[C@H](O)[C@@H](O)[C@@H](O[C@H]6[C@H](O)[C@@H](O)[C@@H](O[C@H]7[C@H](O)[C@@H](O)[C@@H](O[C@H]1[C@@H](CO)O2)O[C@@H]7CO)O[C@@H]6CO)O[C@@H]5CO)O[C@@H]4CO)O[C@@H]3CO. The van der Waals surface area contributed by atoms with Crippen LogP contribution in [0.4, 0.5) is 0 Å². The Labute approximate surface area is 436 Å². The van der Waals surface area contributed by atoms with Crippen LogP contribution >= 0.6 is 0 Å². The molecule has 0 unspecified atom stereocenters. The van der Waals surface area contributed by atoms with Gasteiger partial charge >= 0.3 is 5.97 Å². The molecule has 1 aromatic rings. The molecular formula is C45H69NO31. The van der Waals surface area contributed by atoms with Crippen LogP contribution in [0.3, 0.4) is 0 Å². The van der Waals surface area contributed by atoms with Crippen LogP contribution in [0.15, 0.2) is 24.5 Å². The van der Waals surface area contributed by atoms with Gasteiger partial charge in [0.1, 0.15) is 140 Å². The van der Waals surface area contributed by atoms with Crippen molar-refractivity contribution in [1.82, 2.24) is 4.98 Å². The number of pyridine rings is 1. The lowest BCUT2D eigenvalue weighted by molar-refractivity contribution is -0.404. The zero-order valence-corrected chi connectivity index (χ0v) is 40.8. The number of rotatable bonds is 11. The highest BCUT2D eigenvalue weighted by Gasteiger charge is 2.59. The van der Waals surface area contributed by atoms with E-state index in [0.717, 1.165) is 5.56 Å². The molecular weight excluding hydrogens is 1050 g/mol. The van der Waals surface area contributed by atoms with E-state index in [9.17, 15) is 91.6 Å². The van der Waals surface area contributed by atoms with Gasteiger partial charge in [-0.1, -0.05) is 6.07 Å². The van der Waals surface area contributed by atoms with Crippen LogP contribution in [0.25, 0.3) is 0 Å². The molecule has 0 aliphatic carbocycles. The van der Waals surface area contributed by atoms with Gasteiger partial charge in [0, 0.05) is 18.8 Å². The van der Waals surface area contributed by atoms with Gasteiger partial charge in [-0.25, -0.2) is 0 Å². The number of aromatic nitrogens is 1. The molecule has 22 aliphatic rings. The van der Waals surface area contributed by atoms with Gasteiger partial charge in [-0.05, 0) is 24.5 Å². The molecule has 77 heavy (non-hydrogen) atoms. The molecule has 22 saturated heterocycles. The van der Waals surface area contributed by atoms with Crippen LogP contribution < -0.4 is 0 Å². The standard InChI is InChI=1S/C45H69NO31/c47-8-15-33-22(54)27(59)40(65-15)73-34-16(9-48)67-42(29(61)24(34)56)75-36-18(11-50)69-44(31(63)26(36)58)77-38-20(13-52)70-45(32(64)39(38)71-21(53)5-1-3-14-4-2-6-46-7-14)76-37-19(12-51)68-43(30(62)25(37)57)74-35-17(10-49)66-41(72-33)28(60)23(35)55/h2,4,6-7,15-20,22-45,47-52,54-64H,1,3,5,8-13H2/t15-,16-,17-,18-,19-,20-,22-,23-,24-,25-,26-,27-,28-,29-,30-,31-,32-,33-,34-,35-,36-,37-,38+,39-,40-,41-,42-,43-,44-,45-/m1/s1. The first kappa shape index (κ1) is 60.6. The highest BCUT2D eigenvalue weighted by atomic mass is 16.8. The van der Waals surface area contributed by atoms with Crippen molar-refractivity contribution in [2.24, 2.45) is 0 Å². The smallest absolute Gasteiger partial charge is 0.306 e. The first-order valence-electron chi connectivity index (χ1n) is 25.0. The predicted molar refractivity (Wildman–Crippen MR) is 237 cm³/mol. The molecule has 23 heterocycles. The zero-order chi connectivity index (χ0) is 55.6. The molecule has 1 aromatic heterocycles. The molecule has 32 heteroatoms. The van der Waals surface area contributed by atoms with Crippen LogP contribution in [0.1, 0.15) is 18.4 Å². The highest BCUT2D eigenvalue weighted by Crippen LogP contribution is 2.38. The summed E-state index contributed by atoms with van der Waals surface area (Å²) in [4.78, 5) is 17.6. The fourth-order valence-corrected chi connectivity index (χ4v) is 10.2. The lowest BCUT2D eigenvalue weighted by atomic mass is 9.94. The summed E-state index contributed by atoms with van der Waals surface area (Å²) in [5.41, 5.74) is 0.766. The molecule has 0 amide bonds. The number of aliphatic hydroxyl groups excluding tert-OH is 17. The summed E-state index contributed by atoms with van der Waals surface area (Å²) in [6.07, 6.45) is -56.1. The monoisotopic (exact) mass is 1120 g/mol. The molecule has 22 fully saturated rings. The Balaban J connectivity index is 1.11. The summed E-state index contributed by atoms with van der Waals surface area (Å²) >= 11 is 0. The van der Waals surface area contributed by atoms with Gasteiger partial charge in [0.05, 0.1) is 39.6 Å². The van der Waals surface area contributed by atoms with Gasteiger partial charge in [-0.15, -0.1) is 0 Å². The molecule has 22 aliphatic heterocycles. The van der Waals surface area contributed by atoms with Gasteiger partial charge in [0.25, 0.3) is 0 Å². The molecule has 0 saturated carbocycles. The van der Waals surface area contributed by atoms with E-state index in [1.165, 1.54) is 0 Å². The van der Waals surface area contributed by atoms with Gasteiger partial charge < -0.3 is 148 Å². The summed E-state index contributed by atoms with van der Waals surface area (Å²) < 4.78 is 75.2. The van der Waals surface area contributed by atoms with Crippen LogP contribution in [0.5, 0.6) is 0 Å². The summed E-state index contributed by atoms with van der Waals surface area (Å²) in [7, 11) is 0. The summed E-state index contributed by atoms with van der Waals surface area (Å²) in [6.45, 7) is -6.16. The quantitative estimate of drug-likeness (QED) is 0.0915. The number of aliphatic hydroxyl groups is 17. The maximum Gasteiger partial charge on any atom is 0.306 e. The summed E-state index contributed by atoms with van der Waals surface area (Å²) in [5.74, 6) is -0.958. The molecule has 12 bridgehead atoms. The maximum atomic E-state index is 13.6. The van der Waals surface area contributed by atoms with E-state index in [1.807, 2.05) is 0 Å². The number of hydrogen-bond donors (Lipinski definition) is 17. The summed E-state index contributed by atoms with van der Waals surface area (Å²) in [6, 6.07) is 3.45. The first-order valence-corrected chi connectivity index (χ1v) is 25.0. The normalized spacial score (nSPS) is 49.0. The topological polar surface area (TPSA) is 494 Å². The van der Waals surface area contributed by atoms with Crippen molar-refractivity contribution in [2.45, 2.75) is 203 Å². The van der Waals surface area contributed by atoms with Gasteiger partial charge in [0.15, 0.2) is 43.8 Å². The van der Waals surface area contributed by atoms with Crippen molar-refractivity contribution in [3.63, 3.8) is 0 Å². The fourth-order valence-electron chi connectivity index (χ4n) is 10.2. The second kappa shape index (κ2) is 26.6. The van der Waals surface area contributed by atoms with E-state index in [4.69, 9.17) is 61.6 Å².